The molecule has 0 saturated carbocycles. The largest absolute Gasteiger partial charge is 0.480 e. The second kappa shape index (κ2) is 10.8. The van der Waals surface area contributed by atoms with Crippen molar-refractivity contribution < 1.29 is 24.2 Å². The fourth-order valence-corrected chi connectivity index (χ4v) is 2.64. The van der Waals surface area contributed by atoms with Gasteiger partial charge in [0.2, 0.25) is 0 Å². The highest BCUT2D eigenvalue weighted by atomic mass is 16.5. The molecule has 0 bridgehead atoms. The predicted octanol–water partition coefficient (Wildman–Crippen LogP) is 3.52. The number of amides is 1. The van der Waals surface area contributed by atoms with E-state index in [0.29, 0.717) is 24.9 Å². The van der Waals surface area contributed by atoms with Gasteiger partial charge in [0.15, 0.2) is 5.78 Å². The van der Waals surface area contributed by atoms with E-state index in [4.69, 9.17) is 4.74 Å². The molecule has 0 aliphatic heterocycles. The second-order valence-corrected chi connectivity index (χ2v) is 6.09. The first-order chi connectivity index (χ1) is 13.1. The van der Waals surface area contributed by atoms with Crippen LogP contribution in [0.2, 0.25) is 0 Å². The number of unbranched alkanes of at least 4 members (excludes halogenated alkanes) is 1. The summed E-state index contributed by atoms with van der Waals surface area (Å²) in [6.45, 7) is 0.562. The Morgan fingerprint density at radius 3 is 2.19 bits per heavy atom. The van der Waals surface area contributed by atoms with Gasteiger partial charge in [-0.1, -0.05) is 60.7 Å². The van der Waals surface area contributed by atoms with Crippen molar-refractivity contribution in [2.75, 3.05) is 6.54 Å². The maximum atomic E-state index is 12.2. The fourth-order valence-electron chi connectivity index (χ4n) is 2.64. The van der Waals surface area contributed by atoms with E-state index in [1.807, 2.05) is 30.3 Å². The van der Waals surface area contributed by atoms with Crippen LogP contribution in [0.15, 0.2) is 60.7 Å². The predicted molar refractivity (Wildman–Crippen MR) is 100 cm³/mol. The molecule has 0 radical (unpaired) electrons. The van der Waals surface area contributed by atoms with Gasteiger partial charge in [-0.25, -0.2) is 4.79 Å². The number of benzene rings is 2. The van der Waals surface area contributed by atoms with Crippen molar-refractivity contribution in [3.63, 3.8) is 0 Å². The highest BCUT2D eigenvalue weighted by molar-refractivity contribution is 6.03. The molecule has 2 rings (SSSR count). The molecule has 1 unspecified atom stereocenters. The molecule has 27 heavy (non-hydrogen) atoms. The third-order valence-corrected chi connectivity index (χ3v) is 4.03. The number of nitrogens with one attached hydrogen (secondary N) is 1. The zero-order valence-electron chi connectivity index (χ0n) is 15.0. The quantitative estimate of drug-likeness (QED) is 0.494. The van der Waals surface area contributed by atoms with Crippen molar-refractivity contribution in [1.82, 2.24) is 5.32 Å². The van der Waals surface area contributed by atoms with Crippen LogP contribution in [-0.2, 0) is 20.9 Å². The van der Waals surface area contributed by atoms with Crippen molar-refractivity contribution in [3.8, 4) is 0 Å². The van der Waals surface area contributed by atoms with Gasteiger partial charge in [-0.2, -0.15) is 0 Å². The Morgan fingerprint density at radius 1 is 0.926 bits per heavy atom. The maximum Gasteiger partial charge on any atom is 0.407 e. The number of ether oxygens (including phenoxy) is 1. The molecule has 0 aliphatic carbocycles. The number of carboxylic acid groups (broad SMARTS) is 1. The van der Waals surface area contributed by atoms with Gasteiger partial charge in [-0.15, -0.1) is 0 Å². The molecule has 0 aliphatic rings. The first-order valence-corrected chi connectivity index (χ1v) is 8.83. The summed E-state index contributed by atoms with van der Waals surface area (Å²) in [6.07, 6.45) is 0.687. The van der Waals surface area contributed by atoms with E-state index in [1.165, 1.54) is 0 Å². The normalized spacial score (nSPS) is 11.4. The summed E-state index contributed by atoms with van der Waals surface area (Å²) in [4.78, 5) is 35.3. The number of alkyl carbamates (subject to hydrolysis) is 1. The lowest BCUT2D eigenvalue weighted by Crippen LogP contribution is -2.25. The number of hydrogen-bond donors (Lipinski definition) is 2. The van der Waals surface area contributed by atoms with E-state index in [-0.39, 0.29) is 18.8 Å². The number of carbonyl (C=O) groups is 3. The van der Waals surface area contributed by atoms with Crippen molar-refractivity contribution in [2.24, 2.45) is 0 Å². The van der Waals surface area contributed by atoms with Crippen LogP contribution in [0.25, 0.3) is 0 Å². The van der Waals surface area contributed by atoms with Crippen molar-refractivity contribution in [3.05, 3.63) is 71.8 Å². The Kier molecular flexibility index (Phi) is 8.03. The molecule has 2 aromatic rings. The van der Waals surface area contributed by atoms with Gasteiger partial charge < -0.3 is 15.2 Å². The van der Waals surface area contributed by atoms with Crippen LogP contribution in [0.4, 0.5) is 4.79 Å². The van der Waals surface area contributed by atoms with Crippen LogP contribution >= 0.6 is 0 Å². The van der Waals surface area contributed by atoms with Crippen molar-refractivity contribution in [2.45, 2.75) is 31.8 Å². The van der Waals surface area contributed by atoms with Gasteiger partial charge in [0, 0.05) is 13.0 Å². The molecule has 0 heterocycles. The average molecular weight is 369 g/mol. The monoisotopic (exact) mass is 369 g/mol. The summed E-state index contributed by atoms with van der Waals surface area (Å²) >= 11 is 0. The molecule has 1 amide bonds. The lowest BCUT2D eigenvalue weighted by atomic mass is 9.92. The number of ketones is 1. The average Bonchev–Trinajstić information content (AvgIpc) is 2.67. The van der Waals surface area contributed by atoms with Crippen LogP contribution in [0, 0.1) is 0 Å². The van der Waals surface area contributed by atoms with E-state index in [2.05, 4.69) is 5.32 Å². The minimum Gasteiger partial charge on any atom is -0.480 e. The maximum absolute atomic E-state index is 12.2. The summed E-state index contributed by atoms with van der Waals surface area (Å²) in [7, 11) is 0. The lowest BCUT2D eigenvalue weighted by molar-refractivity contribution is -0.142. The molecular weight excluding hydrogens is 346 g/mol. The Morgan fingerprint density at radius 2 is 1.56 bits per heavy atom. The summed E-state index contributed by atoms with van der Waals surface area (Å²) in [5, 5.41) is 12.0. The van der Waals surface area contributed by atoms with E-state index in [0.717, 1.165) is 5.56 Å². The van der Waals surface area contributed by atoms with Crippen LogP contribution in [-0.4, -0.2) is 29.5 Å². The standard InChI is InChI=1S/C21H23NO5/c23-18(19(20(24)25)17-11-5-2-6-12-17)13-7-8-14-22-21(26)27-15-16-9-3-1-4-10-16/h1-6,9-12,19H,7-8,13-15H2,(H,22,26)(H,24,25). The Bertz CT molecular complexity index is 746. The van der Waals surface area contributed by atoms with Crippen LogP contribution in [0.3, 0.4) is 0 Å². The summed E-state index contributed by atoms with van der Waals surface area (Å²) in [6, 6.07) is 17.8. The van der Waals surface area contributed by atoms with Gasteiger partial charge >= 0.3 is 12.1 Å². The number of Topliss-reactive ketones (excluding diaryl/α,β-unsaturated/α-hetero) is 1. The van der Waals surface area contributed by atoms with Gasteiger partial charge in [-0.3, -0.25) is 9.59 Å². The molecule has 2 N–H and O–H groups in total. The second-order valence-electron chi connectivity index (χ2n) is 6.09. The molecule has 2 aromatic carbocycles. The van der Waals surface area contributed by atoms with E-state index in [9.17, 15) is 19.5 Å². The minimum atomic E-state index is -1.14. The van der Waals surface area contributed by atoms with Crippen molar-refractivity contribution >= 4 is 17.8 Å². The van der Waals surface area contributed by atoms with Crippen LogP contribution in [0.1, 0.15) is 36.3 Å². The summed E-state index contributed by atoms with van der Waals surface area (Å²) in [5.41, 5.74) is 1.39. The third kappa shape index (κ3) is 6.93. The van der Waals surface area contributed by atoms with Gasteiger partial charge in [0.1, 0.15) is 12.5 Å². The number of carboxylic acids is 1. The highest BCUT2D eigenvalue weighted by Gasteiger charge is 2.27. The molecule has 0 aromatic heterocycles. The summed E-state index contributed by atoms with van der Waals surface area (Å²) in [5.74, 6) is -2.62. The molecular formula is C21H23NO5. The molecule has 0 saturated heterocycles. The molecule has 0 spiro atoms. The van der Waals surface area contributed by atoms with Crippen LogP contribution < -0.4 is 5.32 Å². The smallest absolute Gasteiger partial charge is 0.407 e. The van der Waals surface area contributed by atoms with Crippen molar-refractivity contribution in [1.29, 1.82) is 0 Å². The Labute approximate surface area is 158 Å². The zero-order chi connectivity index (χ0) is 19.5. The first kappa shape index (κ1) is 20.2. The molecule has 6 nitrogen and oxygen atoms in total. The topological polar surface area (TPSA) is 92.7 Å². The summed E-state index contributed by atoms with van der Waals surface area (Å²) < 4.78 is 5.09. The number of carbonyl (C=O) groups excluding carboxylic acids is 2. The molecule has 142 valence electrons. The molecule has 0 fully saturated rings. The lowest BCUT2D eigenvalue weighted by Gasteiger charge is -2.12. The fraction of sp³-hybridized carbons (Fsp3) is 0.286. The minimum absolute atomic E-state index is 0.145. The Hall–Kier alpha value is -3.15. The zero-order valence-corrected chi connectivity index (χ0v) is 15.0. The van der Waals surface area contributed by atoms with E-state index in [1.54, 1.807) is 30.3 Å². The molecule has 1 atom stereocenters. The third-order valence-electron chi connectivity index (χ3n) is 4.03. The number of aliphatic carboxylic acids is 1. The van der Waals surface area contributed by atoms with E-state index >= 15 is 0 Å². The Balaban J connectivity index is 1.66. The van der Waals surface area contributed by atoms with Crippen LogP contribution in [0.5, 0.6) is 0 Å². The highest BCUT2D eigenvalue weighted by Crippen LogP contribution is 2.19. The first-order valence-electron chi connectivity index (χ1n) is 8.83. The molecule has 6 heteroatoms. The number of hydrogen-bond acceptors (Lipinski definition) is 4. The van der Waals surface area contributed by atoms with Gasteiger partial charge in [0.25, 0.3) is 0 Å². The van der Waals surface area contributed by atoms with Gasteiger partial charge in [0.05, 0.1) is 0 Å². The number of rotatable bonds is 10. The SMILES string of the molecule is O=C(NCCCCC(=O)C(C(=O)O)c1ccccc1)OCc1ccccc1. The van der Waals surface area contributed by atoms with Gasteiger partial charge in [-0.05, 0) is 24.0 Å². The van der Waals surface area contributed by atoms with E-state index < -0.39 is 18.0 Å².